The largest absolute Gasteiger partial charge is 0.302 e. The van der Waals surface area contributed by atoms with Crippen LogP contribution >= 0.6 is 11.8 Å². The molecule has 0 saturated carbocycles. The summed E-state index contributed by atoms with van der Waals surface area (Å²) in [5.74, 6) is -0.150. The molecule has 7 heteroatoms. The number of nitro groups is 1. The summed E-state index contributed by atoms with van der Waals surface area (Å²) in [6, 6.07) is 9.92. The first-order valence-corrected chi connectivity index (χ1v) is 7.34. The summed E-state index contributed by atoms with van der Waals surface area (Å²) in [5.41, 5.74) is 0.256. The van der Waals surface area contributed by atoms with E-state index in [0.29, 0.717) is 15.5 Å². The summed E-state index contributed by atoms with van der Waals surface area (Å²) >= 11 is 1.20. The second kappa shape index (κ2) is 7.15. The van der Waals surface area contributed by atoms with E-state index in [4.69, 9.17) is 0 Å². The number of nitrogens with zero attached hydrogens (tertiary/aromatic N) is 3. The number of hydrogen-bond donors (Lipinski definition) is 0. The first-order valence-electron chi connectivity index (χ1n) is 6.52. The maximum absolute atomic E-state index is 12.0. The topological polar surface area (TPSA) is 76.3 Å². The van der Waals surface area contributed by atoms with Crippen molar-refractivity contribution in [2.45, 2.75) is 9.92 Å². The fourth-order valence-electron chi connectivity index (χ4n) is 1.82. The van der Waals surface area contributed by atoms with Gasteiger partial charge in [0.05, 0.1) is 16.4 Å². The lowest BCUT2D eigenvalue weighted by Gasteiger charge is -2.09. The molecule has 0 atom stereocenters. The molecule has 22 heavy (non-hydrogen) atoms. The lowest BCUT2D eigenvalue weighted by atomic mass is 10.1. The highest BCUT2D eigenvalue weighted by Gasteiger charge is 2.19. The van der Waals surface area contributed by atoms with Gasteiger partial charge in [0.15, 0.2) is 5.78 Å². The van der Waals surface area contributed by atoms with E-state index in [-0.39, 0.29) is 18.0 Å². The molecule has 0 unspecified atom stereocenters. The van der Waals surface area contributed by atoms with Gasteiger partial charge in [0.1, 0.15) is 5.03 Å². The Hall–Kier alpha value is -2.25. The molecule has 0 saturated heterocycles. The van der Waals surface area contributed by atoms with Gasteiger partial charge in [-0.15, -0.1) is 0 Å². The highest BCUT2D eigenvalue weighted by atomic mass is 32.2. The molecule has 0 aliphatic rings. The van der Waals surface area contributed by atoms with E-state index >= 15 is 0 Å². The van der Waals surface area contributed by atoms with E-state index in [1.54, 1.807) is 49.5 Å². The van der Waals surface area contributed by atoms with Crippen LogP contribution in [-0.2, 0) is 0 Å². The minimum atomic E-state index is -0.474. The lowest BCUT2D eigenvalue weighted by molar-refractivity contribution is -0.387. The molecule has 1 aromatic carbocycles. The maximum Gasteiger partial charge on any atom is 0.284 e. The van der Waals surface area contributed by atoms with Gasteiger partial charge in [-0.3, -0.25) is 14.9 Å². The Labute approximate surface area is 132 Å². The first kappa shape index (κ1) is 16.1. The van der Waals surface area contributed by atoms with Crippen LogP contribution in [0, 0.1) is 10.1 Å². The molecule has 2 aromatic rings. The smallest absolute Gasteiger partial charge is 0.284 e. The molecule has 6 nitrogen and oxygen atoms in total. The van der Waals surface area contributed by atoms with Crippen molar-refractivity contribution in [3.8, 4) is 0 Å². The number of pyridine rings is 1. The molecule has 0 bridgehead atoms. The second-order valence-electron chi connectivity index (χ2n) is 4.87. The molecular weight excluding hydrogens is 302 g/mol. The number of hydrogen-bond acceptors (Lipinski definition) is 6. The normalized spacial score (nSPS) is 10.7. The van der Waals surface area contributed by atoms with E-state index in [9.17, 15) is 14.9 Å². The summed E-state index contributed by atoms with van der Waals surface area (Å²) in [4.78, 5) is 29.1. The molecule has 114 valence electrons. The molecule has 0 radical (unpaired) electrons. The summed E-state index contributed by atoms with van der Waals surface area (Å²) in [7, 11) is 3.55. The van der Waals surface area contributed by atoms with Crippen LogP contribution in [-0.4, -0.2) is 41.2 Å². The molecular formula is C15H15N3O3S. The number of aromatic nitrogens is 1. The van der Waals surface area contributed by atoms with Crippen molar-refractivity contribution in [2.24, 2.45) is 0 Å². The van der Waals surface area contributed by atoms with Crippen molar-refractivity contribution >= 4 is 23.2 Å². The van der Waals surface area contributed by atoms with Crippen LogP contribution in [0.2, 0.25) is 0 Å². The van der Waals surface area contributed by atoms with Gasteiger partial charge in [-0.1, -0.05) is 17.8 Å². The van der Waals surface area contributed by atoms with E-state index in [2.05, 4.69) is 4.98 Å². The zero-order chi connectivity index (χ0) is 16.1. The number of Topliss-reactive ketones (excluding diaryl/α,β-unsaturated/α-hetero) is 1. The van der Waals surface area contributed by atoms with Gasteiger partial charge in [-0.25, -0.2) is 4.98 Å². The SMILES string of the molecule is CN(C)CC(=O)c1ccc(Sc2ccccn2)c([N+](=O)[O-])c1. The average molecular weight is 317 g/mol. The standard InChI is InChI=1S/C15H15N3O3S/c1-17(2)10-13(19)11-6-7-14(12(9-11)18(20)21)22-15-5-3-4-8-16-15/h3-9H,10H2,1-2H3. The van der Waals surface area contributed by atoms with Gasteiger partial charge in [0.2, 0.25) is 0 Å². The van der Waals surface area contributed by atoms with Crippen LogP contribution in [0.1, 0.15) is 10.4 Å². The molecule has 0 amide bonds. The molecule has 1 aromatic heterocycles. The number of ketones is 1. The van der Waals surface area contributed by atoms with Crippen LogP contribution in [0.4, 0.5) is 5.69 Å². The molecule has 0 spiro atoms. The van der Waals surface area contributed by atoms with Gasteiger partial charge in [-0.05, 0) is 38.4 Å². The van der Waals surface area contributed by atoms with Gasteiger partial charge in [0, 0.05) is 17.8 Å². The highest BCUT2D eigenvalue weighted by Crippen LogP contribution is 2.34. The third kappa shape index (κ3) is 4.12. The van der Waals surface area contributed by atoms with Crippen LogP contribution < -0.4 is 0 Å². The van der Waals surface area contributed by atoms with Crippen molar-refractivity contribution in [1.82, 2.24) is 9.88 Å². The quantitative estimate of drug-likeness (QED) is 0.463. The highest BCUT2D eigenvalue weighted by molar-refractivity contribution is 7.99. The molecule has 2 rings (SSSR count). The predicted molar refractivity (Wildman–Crippen MR) is 84.3 cm³/mol. The predicted octanol–water partition coefficient (Wildman–Crippen LogP) is 2.89. The number of nitro benzene ring substituents is 1. The van der Waals surface area contributed by atoms with Crippen molar-refractivity contribution in [2.75, 3.05) is 20.6 Å². The number of likely N-dealkylation sites (N-methyl/N-ethyl adjacent to an activating group) is 1. The van der Waals surface area contributed by atoms with Crippen LogP contribution in [0.3, 0.4) is 0 Å². The van der Waals surface area contributed by atoms with Gasteiger partial charge >= 0.3 is 0 Å². The third-order valence-electron chi connectivity index (χ3n) is 2.79. The Kier molecular flexibility index (Phi) is 5.24. The van der Waals surface area contributed by atoms with Crippen LogP contribution in [0.25, 0.3) is 0 Å². The fraction of sp³-hybridized carbons (Fsp3) is 0.200. The monoisotopic (exact) mass is 317 g/mol. The number of carbonyl (C=O) groups is 1. The van der Waals surface area contributed by atoms with Crippen molar-refractivity contribution in [3.63, 3.8) is 0 Å². The Morgan fingerprint density at radius 1 is 1.32 bits per heavy atom. The summed E-state index contributed by atoms with van der Waals surface area (Å²) < 4.78 is 0. The van der Waals surface area contributed by atoms with E-state index in [1.807, 2.05) is 6.07 Å². The fourth-order valence-corrected chi connectivity index (χ4v) is 2.68. The Bertz CT molecular complexity index is 690. The van der Waals surface area contributed by atoms with Crippen molar-refractivity contribution < 1.29 is 9.72 Å². The number of carbonyl (C=O) groups excluding carboxylic acids is 1. The lowest BCUT2D eigenvalue weighted by Crippen LogP contribution is -2.21. The first-order chi connectivity index (χ1) is 10.5. The average Bonchev–Trinajstić information content (AvgIpc) is 2.47. The molecule has 0 fully saturated rings. The molecule has 1 heterocycles. The summed E-state index contributed by atoms with van der Waals surface area (Å²) in [5, 5.41) is 11.9. The number of rotatable bonds is 6. The molecule has 0 aliphatic heterocycles. The Balaban J connectivity index is 2.32. The minimum absolute atomic E-state index is 0.0831. The van der Waals surface area contributed by atoms with Crippen LogP contribution in [0.15, 0.2) is 52.5 Å². The third-order valence-corrected chi connectivity index (χ3v) is 3.81. The van der Waals surface area contributed by atoms with E-state index < -0.39 is 4.92 Å². The maximum atomic E-state index is 12.0. The Morgan fingerprint density at radius 3 is 2.68 bits per heavy atom. The van der Waals surface area contributed by atoms with E-state index in [1.165, 1.54) is 17.8 Å². The van der Waals surface area contributed by atoms with Gasteiger partial charge in [0.25, 0.3) is 5.69 Å². The van der Waals surface area contributed by atoms with Gasteiger partial charge < -0.3 is 4.90 Å². The van der Waals surface area contributed by atoms with Crippen LogP contribution in [0.5, 0.6) is 0 Å². The Morgan fingerprint density at radius 2 is 2.09 bits per heavy atom. The van der Waals surface area contributed by atoms with Gasteiger partial charge in [-0.2, -0.15) is 0 Å². The van der Waals surface area contributed by atoms with Crippen molar-refractivity contribution in [1.29, 1.82) is 0 Å². The van der Waals surface area contributed by atoms with Crippen molar-refractivity contribution in [3.05, 3.63) is 58.3 Å². The molecule has 0 aliphatic carbocycles. The number of benzene rings is 1. The zero-order valence-electron chi connectivity index (χ0n) is 12.2. The molecule has 0 N–H and O–H groups in total. The van der Waals surface area contributed by atoms with E-state index in [0.717, 1.165) is 0 Å². The minimum Gasteiger partial charge on any atom is -0.302 e. The second-order valence-corrected chi connectivity index (χ2v) is 5.93. The summed E-state index contributed by atoms with van der Waals surface area (Å²) in [6.07, 6.45) is 1.63. The zero-order valence-corrected chi connectivity index (χ0v) is 13.0. The summed E-state index contributed by atoms with van der Waals surface area (Å²) in [6.45, 7) is 0.212.